The molecular weight excluding hydrogens is 260 g/mol. The Morgan fingerprint density at radius 3 is 2.62 bits per heavy atom. The topological polar surface area (TPSA) is 42.4 Å². The molecule has 3 nitrogen and oxygen atoms in total. The van der Waals surface area contributed by atoms with Gasteiger partial charge in [-0.25, -0.2) is 0 Å². The first-order chi connectivity index (χ1) is 9.97. The van der Waals surface area contributed by atoms with Crippen LogP contribution < -0.4 is 5.73 Å². The summed E-state index contributed by atoms with van der Waals surface area (Å²) in [6.07, 6.45) is 8.18. The third kappa shape index (κ3) is 2.91. The maximum absolute atomic E-state index is 6.34. The molecule has 2 aliphatic carbocycles. The van der Waals surface area contributed by atoms with Gasteiger partial charge in [0.05, 0.1) is 12.8 Å². The van der Waals surface area contributed by atoms with Crippen molar-refractivity contribution in [1.29, 1.82) is 0 Å². The summed E-state index contributed by atoms with van der Waals surface area (Å²) in [6.45, 7) is 8.89. The Morgan fingerprint density at radius 2 is 2.10 bits per heavy atom. The van der Waals surface area contributed by atoms with E-state index in [0.717, 1.165) is 18.8 Å². The van der Waals surface area contributed by atoms with E-state index in [1.165, 1.54) is 32.1 Å². The molecule has 118 valence electrons. The van der Waals surface area contributed by atoms with Crippen molar-refractivity contribution in [1.82, 2.24) is 4.90 Å². The van der Waals surface area contributed by atoms with Crippen LogP contribution >= 0.6 is 0 Å². The number of rotatable bonds is 5. The molecular formula is C18H30N2O. The molecule has 3 rings (SSSR count). The molecule has 3 heteroatoms. The third-order valence-corrected chi connectivity index (χ3v) is 5.83. The van der Waals surface area contributed by atoms with Gasteiger partial charge in [0.25, 0.3) is 0 Å². The van der Waals surface area contributed by atoms with Gasteiger partial charge in [0.1, 0.15) is 5.76 Å². The van der Waals surface area contributed by atoms with E-state index < -0.39 is 0 Å². The highest BCUT2D eigenvalue weighted by atomic mass is 16.3. The second-order valence-electron chi connectivity index (χ2n) is 8.02. The lowest BCUT2D eigenvalue weighted by atomic mass is 9.63. The molecule has 0 spiro atoms. The molecule has 2 atom stereocenters. The van der Waals surface area contributed by atoms with Crippen LogP contribution in [0.2, 0.25) is 0 Å². The van der Waals surface area contributed by atoms with Crippen molar-refractivity contribution in [2.75, 3.05) is 6.54 Å². The van der Waals surface area contributed by atoms with E-state index in [2.05, 4.69) is 31.7 Å². The number of nitrogens with zero attached hydrogens (tertiary/aromatic N) is 1. The highest BCUT2D eigenvalue weighted by Gasteiger charge is 2.50. The molecule has 2 aliphatic rings. The lowest BCUT2D eigenvalue weighted by Crippen LogP contribution is -2.61. The normalized spacial score (nSPS) is 32.5. The summed E-state index contributed by atoms with van der Waals surface area (Å²) in [5.74, 6) is 1.72. The van der Waals surface area contributed by atoms with Crippen molar-refractivity contribution in [3.63, 3.8) is 0 Å². The summed E-state index contributed by atoms with van der Waals surface area (Å²) in [5, 5.41) is 0. The summed E-state index contributed by atoms with van der Waals surface area (Å²) in [5.41, 5.74) is 6.95. The predicted octanol–water partition coefficient (Wildman–Crippen LogP) is 3.79. The summed E-state index contributed by atoms with van der Waals surface area (Å²) in [6, 6.07) is 4.79. The fourth-order valence-electron chi connectivity index (χ4n) is 4.38. The van der Waals surface area contributed by atoms with Crippen LogP contribution in [0.5, 0.6) is 0 Å². The average molecular weight is 290 g/mol. The van der Waals surface area contributed by atoms with Crippen LogP contribution in [0, 0.1) is 11.3 Å². The van der Waals surface area contributed by atoms with Crippen molar-refractivity contribution >= 4 is 0 Å². The first kappa shape index (κ1) is 15.1. The first-order valence-corrected chi connectivity index (χ1v) is 8.46. The van der Waals surface area contributed by atoms with Crippen LogP contribution in [0.4, 0.5) is 0 Å². The molecule has 2 unspecified atom stereocenters. The first-order valence-electron chi connectivity index (χ1n) is 8.46. The lowest BCUT2D eigenvalue weighted by Gasteiger charge is -2.54. The fourth-order valence-corrected chi connectivity index (χ4v) is 4.38. The van der Waals surface area contributed by atoms with E-state index in [0.29, 0.717) is 17.4 Å². The van der Waals surface area contributed by atoms with E-state index in [4.69, 9.17) is 10.2 Å². The van der Waals surface area contributed by atoms with E-state index >= 15 is 0 Å². The van der Waals surface area contributed by atoms with Crippen LogP contribution in [0.3, 0.4) is 0 Å². The largest absolute Gasteiger partial charge is 0.468 e. The molecule has 1 aromatic heterocycles. The van der Waals surface area contributed by atoms with Gasteiger partial charge >= 0.3 is 0 Å². The molecule has 2 fully saturated rings. The van der Waals surface area contributed by atoms with E-state index in [1.54, 1.807) is 6.26 Å². The minimum absolute atomic E-state index is 0.156. The SMILES string of the molecule is CC1CC(C)(C)CCC1(CN)N(Cc1ccco1)C1CC1. The second kappa shape index (κ2) is 5.44. The van der Waals surface area contributed by atoms with Crippen LogP contribution in [0.1, 0.15) is 58.6 Å². The number of hydrogen-bond donors (Lipinski definition) is 1. The fraction of sp³-hybridized carbons (Fsp3) is 0.778. The minimum Gasteiger partial charge on any atom is -0.468 e. The van der Waals surface area contributed by atoms with Crippen LogP contribution in [-0.4, -0.2) is 23.0 Å². The molecule has 21 heavy (non-hydrogen) atoms. The molecule has 1 heterocycles. The standard InChI is InChI=1S/C18H30N2O/c1-14-11-17(2,3)8-9-18(14,13-19)20(15-6-7-15)12-16-5-4-10-21-16/h4-5,10,14-15H,6-9,11-13,19H2,1-3H3. The van der Waals surface area contributed by atoms with Gasteiger partial charge in [-0.2, -0.15) is 0 Å². The van der Waals surface area contributed by atoms with Gasteiger partial charge in [-0.05, 0) is 55.6 Å². The molecule has 0 saturated heterocycles. The van der Waals surface area contributed by atoms with Crippen molar-refractivity contribution in [2.24, 2.45) is 17.1 Å². The number of furan rings is 1. The summed E-state index contributed by atoms with van der Waals surface area (Å²) >= 11 is 0. The summed E-state index contributed by atoms with van der Waals surface area (Å²) in [4.78, 5) is 2.69. The zero-order valence-corrected chi connectivity index (χ0v) is 13.8. The zero-order valence-electron chi connectivity index (χ0n) is 13.8. The molecule has 0 amide bonds. The Hall–Kier alpha value is -0.800. The van der Waals surface area contributed by atoms with Gasteiger partial charge in [0.2, 0.25) is 0 Å². The van der Waals surface area contributed by atoms with E-state index in [1.807, 2.05) is 6.07 Å². The van der Waals surface area contributed by atoms with Crippen molar-refractivity contribution in [3.05, 3.63) is 24.2 Å². The molecule has 2 saturated carbocycles. The molecule has 2 N–H and O–H groups in total. The summed E-state index contributed by atoms with van der Waals surface area (Å²) in [7, 11) is 0. The highest BCUT2D eigenvalue weighted by Crippen LogP contribution is 2.49. The minimum atomic E-state index is 0.156. The smallest absolute Gasteiger partial charge is 0.117 e. The predicted molar refractivity (Wildman–Crippen MR) is 85.9 cm³/mol. The molecule has 0 aromatic carbocycles. The van der Waals surface area contributed by atoms with Gasteiger partial charge in [-0.3, -0.25) is 4.90 Å². The van der Waals surface area contributed by atoms with Crippen LogP contribution in [0.25, 0.3) is 0 Å². The van der Waals surface area contributed by atoms with Gasteiger partial charge in [-0.15, -0.1) is 0 Å². The van der Waals surface area contributed by atoms with Crippen LogP contribution in [0.15, 0.2) is 22.8 Å². The average Bonchev–Trinajstić information content (AvgIpc) is 3.14. The van der Waals surface area contributed by atoms with Gasteiger partial charge in [-0.1, -0.05) is 20.8 Å². The molecule has 0 aliphatic heterocycles. The number of hydrogen-bond acceptors (Lipinski definition) is 3. The summed E-state index contributed by atoms with van der Waals surface area (Å²) < 4.78 is 5.62. The Balaban J connectivity index is 1.84. The monoisotopic (exact) mass is 290 g/mol. The Bertz CT molecular complexity index is 464. The quantitative estimate of drug-likeness (QED) is 0.897. The molecule has 0 bridgehead atoms. The van der Waals surface area contributed by atoms with Gasteiger partial charge < -0.3 is 10.2 Å². The number of nitrogens with two attached hydrogens (primary N) is 1. The maximum atomic E-state index is 6.34. The van der Waals surface area contributed by atoms with Crippen molar-refractivity contribution < 1.29 is 4.42 Å². The lowest BCUT2D eigenvalue weighted by molar-refractivity contribution is -0.0359. The zero-order chi connectivity index (χ0) is 15.1. The Morgan fingerprint density at radius 1 is 1.33 bits per heavy atom. The highest BCUT2D eigenvalue weighted by molar-refractivity contribution is 5.09. The van der Waals surface area contributed by atoms with E-state index in [9.17, 15) is 0 Å². The Labute approximate surface area is 128 Å². The maximum Gasteiger partial charge on any atom is 0.117 e. The van der Waals surface area contributed by atoms with Gasteiger partial charge in [0, 0.05) is 18.1 Å². The van der Waals surface area contributed by atoms with E-state index in [-0.39, 0.29) is 5.54 Å². The third-order valence-electron chi connectivity index (χ3n) is 5.83. The van der Waals surface area contributed by atoms with Crippen LogP contribution in [-0.2, 0) is 6.54 Å². The van der Waals surface area contributed by atoms with Crippen molar-refractivity contribution in [2.45, 2.75) is 71.0 Å². The molecule has 1 aromatic rings. The van der Waals surface area contributed by atoms with Crippen molar-refractivity contribution in [3.8, 4) is 0 Å². The second-order valence-corrected chi connectivity index (χ2v) is 8.02. The molecule has 0 radical (unpaired) electrons. The Kier molecular flexibility index (Phi) is 3.91. The van der Waals surface area contributed by atoms with Gasteiger partial charge in [0.15, 0.2) is 0 Å².